The molecule has 0 aliphatic rings. The summed E-state index contributed by atoms with van der Waals surface area (Å²) in [6.07, 6.45) is 74.6. The Hall–Kier alpha value is -3.59. The Labute approximate surface area is 461 Å². The summed E-state index contributed by atoms with van der Waals surface area (Å²) in [6.45, 7) is 6.62. The average Bonchev–Trinajstić information content (AvgIpc) is 3.37. The maximum atomic E-state index is 13.5. The number of esters is 1. The number of quaternary nitrogens is 1. The number of ether oxygens (including phenoxy) is 1. The number of hydrogen-bond acceptors (Lipinski definition) is 7. The molecule has 0 aliphatic heterocycles. The molecule has 0 bridgehead atoms. The lowest BCUT2D eigenvalue weighted by molar-refractivity contribution is -0.870. The second-order valence-corrected chi connectivity index (χ2v) is 22.2. The lowest BCUT2D eigenvalue weighted by Gasteiger charge is -2.30. The van der Waals surface area contributed by atoms with E-state index in [0.717, 1.165) is 109 Å². The lowest BCUT2D eigenvalue weighted by Crippen LogP contribution is -2.47. The molecule has 428 valence electrons. The van der Waals surface area contributed by atoms with Crippen molar-refractivity contribution < 1.29 is 37.3 Å². The molecule has 1 N–H and O–H groups in total. The van der Waals surface area contributed by atoms with Crippen LogP contribution in [0.3, 0.4) is 0 Å². The van der Waals surface area contributed by atoms with E-state index in [9.17, 15) is 19.0 Å². The molecule has 9 nitrogen and oxygen atoms in total. The maximum absolute atomic E-state index is 13.5. The molecule has 0 aromatic rings. The SMILES string of the molecule is CC/C=C\C/C=C\C/C=C\C/C=C\C/C=C\CCCC(=O)OC(/C=C\CCCCCCCCCCC)C(COP(=O)([O-])OCC[N+](C)(C)C)NC(=O)CCCCCCC/C=C\C/C=C\C/C=C\C/C=C\CCCCC. The summed E-state index contributed by atoms with van der Waals surface area (Å²) in [7, 11) is 1.12. The van der Waals surface area contributed by atoms with Gasteiger partial charge >= 0.3 is 5.97 Å². The number of nitrogens with one attached hydrogen (secondary N) is 1. The molecule has 0 aromatic heterocycles. The van der Waals surface area contributed by atoms with Gasteiger partial charge in [-0.05, 0) is 115 Å². The molecule has 0 saturated carbocycles. The Kier molecular flexibility index (Phi) is 51.2. The molecule has 0 fully saturated rings. The number of carbonyl (C=O) groups excluding carboxylic acids is 2. The minimum Gasteiger partial charge on any atom is -0.756 e. The van der Waals surface area contributed by atoms with Gasteiger partial charge in [-0.3, -0.25) is 14.2 Å². The van der Waals surface area contributed by atoms with E-state index in [1.807, 2.05) is 27.2 Å². The molecular weight excluding hydrogens is 952 g/mol. The van der Waals surface area contributed by atoms with Gasteiger partial charge in [0.05, 0.1) is 33.8 Å². The van der Waals surface area contributed by atoms with E-state index in [2.05, 4.69) is 135 Å². The molecule has 0 saturated heterocycles. The third kappa shape index (κ3) is 55.0. The molecule has 0 aliphatic carbocycles. The highest BCUT2D eigenvalue weighted by atomic mass is 31.2. The zero-order chi connectivity index (χ0) is 55.0. The highest BCUT2D eigenvalue weighted by molar-refractivity contribution is 7.45. The fourth-order valence-electron chi connectivity index (χ4n) is 7.77. The summed E-state index contributed by atoms with van der Waals surface area (Å²) in [4.78, 5) is 39.9. The van der Waals surface area contributed by atoms with Gasteiger partial charge in [0.15, 0.2) is 0 Å². The molecule has 75 heavy (non-hydrogen) atoms. The quantitative estimate of drug-likeness (QED) is 0.0212. The Morgan fingerprint density at radius 2 is 0.867 bits per heavy atom. The summed E-state index contributed by atoms with van der Waals surface area (Å²) in [5, 5.41) is 2.99. The van der Waals surface area contributed by atoms with Crippen LogP contribution in [0.25, 0.3) is 0 Å². The van der Waals surface area contributed by atoms with Gasteiger partial charge in [0, 0.05) is 12.8 Å². The monoisotopic (exact) mass is 1060 g/mol. The summed E-state index contributed by atoms with van der Waals surface area (Å²) in [5.41, 5.74) is 0. The number of unbranched alkanes of at least 4 members (excludes halogenated alkanes) is 18. The number of hydrogen-bond donors (Lipinski definition) is 1. The fraction of sp³-hybridized carbons (Fsp3) is 0.662. The predicted octanol–water partition coefficient (Wildman–Crippen LogP) is 17.7. The lowest BCUT2D eigenvalue weighted by atomic mass is 10.1. The minimum absolute atomic E-state index is 0.0419. The van der Waals surface area contributed by atoms with Crippen molar-refractivity contribution in [3.8, 4) is 0 Å². The number of phosphoric ester groups is 1. The topological polar surface area (TPSA) is 114 Å². The number of phosphoric acid groups is 1. The first-order valence-electron chi connectivity index (χ1n) is 29.8. The van der Waals surface area contributed by atoms with E-state index in [4.69, 9.17) is 13.8 Å². The van der Waals surface area contributed by atoms with Crippen molar-refractivity contribution in [2.45, 2.75) is 238 Å². The second kappa shape index (κ2) is 53.8. The molecule has 0 radical (unpaired) electrons. The van der Waals surface area contributed by atoms with Gasteiger partial charge < -0.3 is 28.5 Å². The van der Waals surface area contributed by atoms with Crippen LogP contribution >= 0.6 is 7.82 Å². The molecular formula is C65H111N2O7P. The van der Waals surface area contributed by atoms with Gasteiger partial charge in [-0.15, -0.1) is 0 Å². The smallest absolute Gasteiger partial charge is 0.306 e. The van der Waals surface area contributed by atoms with Crippen molar-refractivity contribution in [3.63, 3.8) is 0 Å². The minimum atomic E-state index is -4.72. The van der Waals surface area contributed by atoms with Crippen molar-refractivity contribution >= 4 is 19.7 Å². The standard InChI is InChI=1S/C65H111N2O7P/c1-7-10-13-16-19-22-25-27-29-31-32-33-34-36-37-39-42-45-48-51-54-57-64(68)66-62(61-73-75(70,71)72-60-59-67(4,5)6)63(56-53-50-47-44-41-24-21-18-15-12-9-3)74-65(69)58-55-52-49-46-43-40-38-35-30-28-26-23-20-17-14-11-8-2/h11,14,19-20,22-23,27-30,32-33,36-38,40,46,49,53,56,62-63H,7-10,12-13,15-18,21,24-26,31,34-35,39,41-45,47-48,50-52,54-55,57-61H2,1-6H3,(H-,66,68,70,71)/b14-11-,22-19-,23-20-,29-27-,30-28-,33-32-,37-36-,40-38-,49-46-,56-53-. The molecule has 3 unspecified atom stereocenters. The van der Waals surface area contributed by atoms with E-state index < -0.39 is 32.5 Å². The van der Waals surface area contributed by atoms with E-state index in [0.29, 0.717) is 23.9 Å². The molecule has 0 heterocycles. The number of nitrogens with zero attached hydrogens (tertiary/aromatic N) is 1. The summed E-state index contributed by atoms with van der Waals surface area (Å²) in [5.74, 6) is -0.641. The van der Waals surface area contributed by atoms with Crippen molar-refractivity contribution in [2.24, 2.45) is 0 Å². The van der Waals surface area contributed by atoms with Crippen LogP contribution in [-0.4, -0.2) is 69.4 Å². The number of allylic oxidation sites excluding steroid dienone is 19. The van der Waals surface area contributed by atoms with Crippen LogP contribution in [0.2, 0.25) is 0 Å². The number of likely N-dealkylation sites (N-methyl/N-ethyl adjacent to an activating group) is 1. The van der Waals surface area contributed by atoms with Crippen LogP contribution in [0.5, 0.6) is 0 Å². The van der Waals surface area contributed by atoms with Crippen LogP contribution in [0, 0.1) is 0 Å². The van der Waals surface area contributed by atoms with E-state index >= 15 is 0 Å². The van der Waals surface area contributed by atoms with Gasteiger partial charge in [-0.2, -0.15) is 0 Å². The summed E-state index contributed by atoms with van der Waals surface area (Å²) < 4.78 is 30.2. The van der Waals surface area contributed by atoms with E-state index in [-0.39, 0.29) is 25.4 Å². The molecule has 3 atom stereocenters. The first-order valence-corrected chi connectivity index (χ1v) is 31.3. The van der Waals surface area contributed by atoms with E-state index in [1.165, 1.54) is 70.6 Å². The van der Waals surface area contributed by atoms with Gasteiger partial charge in [0.2, 0.25) is 5.91 Å². The van der Waals surface area contributed by atoms with Crippen molar-refractivity contribution in [1.82, 2.24) is 5.32 Å². The first kappa shape index (κ1) is 71.4. The van der Waals surface area contributed by atoms with Crippen molar-refractivity contribution in [3.05, 3.63) is 122 Å². The van der Waals surface area contributed by atoms with Crippen molar-refractivity contribution in [1.29, 1.82) is 0 Å². The van der Waals surface area contributed by atoms with Crippen LogP contribution in [-0.2, 0) is 27.9 Å². The first-order chi connectivity index (χ1) is 36.4. The third-order valence-corrected chi connectivity index (χ3v) is 13.3. The molecule has 10 heteroatoms. The van der Waals surface area contributed by atoms with Crippen LogP contribution < -0.4 is 10.2 Å². The predicted molar refractivity (Wildman–Crippen MR) is 320 cm³/mol. The number of rotatable bonds is 52. The van der Waals surface area contributed by atoms with Gasteiger partial charge in [-0.25, -0.2) is 0 Å². The highest BCUT2D eigenvalue weighted by Crippen LogP contribution is 2.38. The Morgan fingerprint density at radius 1 is 0.480 bits per heavy atom. The summed E-state index contributed by atoms with van der Waals surface area (Å²) in [6, 6.07) is -0.929. The van der Waals surface area contributed by atoms with Gasteiger partial charge in [0.1, 0.15) is 19.3 Å². The normalized spacial score (nSPS) is 14.6. The average molecular weight is 1060 g/mol. The van der Waals surface area contributed by atoms with Crippen LogP contribution in [0.15, 0.2) is 122 Å². The van der Waals surface area contributed by atoms with Gasteiger partial charge in [-0.1, -0.05) is 220 Å². The fourth-order valence-corrected chi connectivity index (χ4v) is 8.50. The highest BCUT2D eigenvalue weighted by Gasteiger charge is 2.27. The second-order valence-electron chi connectivity index (χ2n) is 20.8. The van der Waals surface area contributed by atoms with Crippen molar-refractivity contribution in [2.75, 3.05) is 40.9 Å². The third-order valence-electron chi connectivity index (χ3n) is 12.4. The zero-order valence-electron chi connectivity index (χ0n) is 48.7. The largest absolute Gasteiger partial charge is 0.756 e. The summed E-state index contributed by atoms with van der Waals surface area (Å²) >= 11 is 0. The maximum Gasteiger partial charge on any atom is 0.306 e. The van der Waals surface area contributed by atoms with Crippen LogP contribution in [0.4, 0.5) is 0 Å². The molecule has 0 rings (SSSR count). The van der Waals surface area contributed by atoms with Gasteiger partial charge in [0.25, 0.3) is 7.82 Å². The number of carbonyl (C=O) groups is 2. The zero-order valence-corrected chi connectivity index (χ0v) is 49.6. The molecule has 1 amide bonds. The molecule has 0 aromatic carbocycles. The molecule has 0 spiro atoms. The van der Waals surface area contributed by atoms with E-state index in [1.54, 1.807) is 6.08 Å². The number of amides is 1. The Bertz CT molecular complexity index is 1700. The Balaban J connectivity index is 5.39. The Morgan fingerprint density at radius 3 is 1.33 bits per heavy atom. The van der Waals surface area contributed by atoms with Crippen LogP contribution in [0.1, 0.15) is 226 Å².